The molecule has 90 valence electrons. The van der Waals surface area contributed by atoms with E-state index in [9.17, 15) is 4.79 Å². The summed E-state index contributed by atoms with van der Waals surface area (Å²) in [6.45, 7) is 3.28. The van der Waals surface area contributed by atoms with E-state index in [2.05, 4.69) is 10.3 Å². The fraction of sp³-hybridized carbons (Fsp3) is 0.308. The number of aromatic nitrogens is 1. The Balaban J connectivity index is 2.23. The van der Waals surface area contributed by atoms with E-state index in [0.717, 1.165) is 29.5 Å². The molecule has 2 N–H and O–H groups in total. The van der Waals surface area contributed by atoms with Crippen LogP contribution in [0.2, 0.25) is 0 Å². The van der Waals surface area contributed by atoms with Gasteiger partial charge in [0.15, 0.2) is 0 Å². The van der Waals surface area contributed by atoms with E-state index in [1.807, 2.05) is 31.3 Å². The van der Waals surface area contributed by atoms with Crippen molar-refractivity contribution >= 4 is 17.3 Å². The van der Waals surface area contributed by atoms with Gasteiger partial charge >= 0.3 is 0 Å². The topological polar surface area (TPSA) is 54.1 Å². The van der Waals surface area contributed by atoms with Gasteiger partial charge in [-0.1, -0.05) is 0 Å². The highest BCUT2D eigenvalue weighted by atomic mass is 16.5. The zero-order valence-electron chi connectivity index (χ0n) is 9.82. The van der Waals surface area contributed by atoms with Crippen LogP contribution in [0.25, 0.3) is 10.9 Å². The van der Waals surface area contributed by atoms with E-state index in [1.165, 1.54) is 5.56 Å². The molecule has 0 aliphatic rings. The molecule has 0 fully saturated rings. The van der Waals surface area contributed by atoms with Crippen LogP contribution < -0.4 is 10.1 Å². The van der Waals surface area contributed by atoms with Gasteiger partial charge in [-0.05, 0) is 37.1 Å². The molecule has 0 aliphatic carbocycles. The summed E-state index contributed by atoms with van der Waals surface area (Å²) in [5.41, 5.74) is 2.28. The summed E-state index contributed by atoms with van der Waals surface area (Å²) in [5.74, 6) is 0.879. The average Bonchev–Trinajstić information content (AvgIpc) is 2.73. The van der Waals surface area contributed by atoms with Gasteiger partial charge in [-0.15, -0.1) is 0 Å². The smallest absolute Gasteiger partial charge is 0.207 e. The molecule has 0 saturated heterocycles. The molecule has 0 atom stereocenters. The van der Waals surface area contributed by atoms with Crippen molar-refractivity contribution in [1.82, 2.24) is 10.3 Å². The second kappa shape index (κ2) is 5.39. The lowest BCUT2D eigenvalue weighted by Gasteiger charge is -2.03. The van der Waals surface area contributed by atoms with Gasteiger partial charge in [0.2, 0.25) is 6.41 Å². The molecule has 1 aromatic heterocycles. The summed E-state index contributed by atoms with van der Waals surface area (Å²) in [4.78, 5) is 13.4. The fourth-order valence-electron chi connectivity index (χ4n) is 1.89. The molecule has 0 bridgehead atoms. The molecule has 4 nitrogen and oxygen atoms in total. The third-order valence-corrected chi connectivity index (χ3v) is 2.67. The van der Waals surface area contributed by atoms with Crippen molar-refractivity contribution in [3.05, 3.63) is 30.0 Å². The first-order valence-corrected chi connectivity index (χ1v) is 5.75. The normalized spacial score (nSPS) is 10.4. The number of aromatic amines is 1. The number of hydrogen-bond acceptors (Lipinski definition) is 2. The fourth-order valence-corrected chi connectivity index (χ4v) is 1.89. The molecular weight excluding hydrogens is 216 g/mol. The monoisotopic (exact) mass is 232 g/mol. The van der Waals surface area contributed by atoms with Crippen LogP contribution in [-0.2, 0) is 11.2 Å². The lowest BCUT2D eigenvalue weighted by Crippen LogP contribution is -2.14. The van der Waals surface area contributed by atoms with Crippen molar-refractivity contribution in [2.45, 2.75) is 13.3 Å². The SMILES string of the molecule is CCOc1ccc2[nH]cc(CCNC=O)c2c1. The van der Waals surface area contributed by atoms with Gasteiger partial charge in [-0.3, -0.25) is 4.79 Å². The standard InChI is InChI=1S/C13H16N2O2/c1-2-17-11-3-4-13-12(7-11)10(8-15-13)5-6-14-9-16/h3-4,7-9,15H,2,5-6H2,1H3,(H,14,16). The Labute approximate surface area is 100.0 Å². The first kappa shape index (κ1) is 11.5. The van der Waals surface area contributed by atoms with Crippen LogP contribution in [0.3, 0.4) is 0 Å². The second-order valence-corrected chi connectivity index (χ2v) is 3.78. The number of carbonyl (C=O) groups is 1. The third kappa shape index (κ3) is 2.58. The van der Waals surface area contributed by atoms with Crippen LogP contribution in [-0.4, -0.2) is 24.5 Å². The molecule has 0 radical (unpaired) electrons. The number of benzene rings is 1. The summed E-state index contributed by atoms with van der Waals surface area (Å²) in [5, 5.41) is 3.82. The molecule has 4 heteroatoms. The lowest BCUT2D eigenvalue weighted by molar-refractivity contribution is -0.109. The Morgan fingerprint density at radius 1 is 1.47 bits per heavy atom. The van der Waals surface area contributed by atoms with E-state index in [4.69, 9.17) is 4.74 Å². The highest BCUT2D eigenvalue weighted by Crippen LogP contribution is 2.23. The molecule has 0 saturated carbocycles. The number of H-pyrrole nitrogens is 1. The van der Waals surface area contributed by atoms with E-state index >= 15 is 0 Å². The molecule has 2 aromatic rings. The number of hydrogen-bond donors (Lipinski definition) is 2. The highest BCUT2D eigenvalue weighted by Gasteiger charge is 2.04. The molecule has 1 amide bonds. The Kier molecular flexibility index (Phi) is 3.65. The molecular formula is C13H16N2O2. The largest absolute Gasteiger partial charge is 0.494 e. The Morgan fingerprint density at radius 3 is 3.12 bits per heavy atom. The van der Waals surface area contributed by atoms with Crippen LogP contribution in [0.4, 0.5) is 0 Å². The van der Waals surface area contributed by atoms with Gasteiger partial charge < -0.3 is 15.0 Å². The number of amides is 1. The summed E-state index contributed by atoms with van der Waals surface area (Å²) in [6.07, 6.45) is 3.52. The number of rotatable bonds is 6. The maximum atomic E-state index is 10.2. The zero-order chi connectivity index (χ0) is 12.1. The third-order valence-electron chi connectivity index (χ3n) is 2.67. The Hall–Kier alpha value is -1.97. The molecule has 2 rings (SSSR count). The van der Waals surface area contributed by atoms with Crippen molar-refractivity contribution < 1.29 is 9.53 Å². The summed E-state index contributed by atoms with van der Waals surface area (Å²) in [7, 11) is 0. The molecule has 0 unspecified atom stereocenters. The quantitative estimate of drug-likeness (QED) is 0.590. The number of carbonyl (C=O) groups excluding carboxylic acids is 1. The summed E-state index contributed by atoms with van der Waals surface area (Å²) in [6, 6.07) is 6.00. The molecule has 0 spiro atoms. The van der Waals surface area contributed by atoms with Crippen molar-refractivity contribution in [1.29, 1.82) is 0 Å². The minimum atomic E-state index is 0.648. The average molecular weight is 232 g/mol. The summed E-state index contributed by atoms with van der Waals surface area (Å²) < 4.78 is 5.48. The van der Waals surface area contributed by atoms with E-state index in [-0.39, 0.29) is 0 Å². The lowest BCUT2D eigenvalue weighted by atomic mass is 10.1. The van der Waals surface area contributed by atoms with Crippen molar-refractivity contribution in [2.75, 3.05) is 13.2 Å². The van der Waals surface area contributed by atoms with Gasteiger partial charge in [0.25, 0.3) is 0 Å². The first-order chi connectivity index (χ1) is 8.35. The van der Waals surface area contributed by atoms with Crippen LogP contribution in [0.1, 0.15) is 12.5 Å². The van der Waals surface area contributed by atoms with Gasteiger partial charge in [0, 0.05) is 23.6 Å². The van der Waals surface area contributed by atoms with E-state index in [0.29, 0.717) is 13.2 Å². The van der Waals surface area contributed by atoms with Gasteiger partial charge in [0.05, 0.1) is 6.61 Å². The maximum absolute atomic E-state index is 10.2. The van der Waals surface area contributed by atoms with Gasteiger partial charge in [-0.25, -0.2) is 0 Å². The van der Waals surface area contributed by atoms with Gasteiger partial charge in [0.1, 0.15) is 5.75 Å². The molecule has 0 aliphatic heterocycles. The van der Waals surface area contributed by atoms with Gasteiger partial charge in [-0.2, -0.15) is 0 Å². The minimum absolute atomic E-state index is 0.648. The molecule has 1 aromatic carbocycles. The number of fused-ring (bicyclic) bond motifs is 1. The Morgan fingerprint density at radius 2 is 2.35 bits per heavy atom. The van der Waals surface area contributed by atoms with E-state index in [1.54, 1.807) is 0 Å². The number of nitrogens with one attached hydrogen (secondary N) is 2. The predicted octanol–water partition coefficient (Wildman–Crippen LogP) is 1.86. The second-order valence-electron chi connectivity index (χ2n) is 3.78. The van der Waals surface area contributed by atoms with E-state index < -0.39 is 0 Å². The first-order valence-electron chi connectivity index (χ1n) is 5.75. The maximum Gasteiger partial charge on any atom is 0.207 e. The van der Waals surface area contributed by atoms with Crippen LogP contribution >= 0.6 is 0 Å². The number of ether oxygens (including phenoxy) is 1. The molecule has 1 heterocycles. The van der Waals surface area contributed by atoms with Crippen molar-refractivity contribution in [3.63, 3.8) is 0 Å². The molecule has 17 heavy (non-hydrogen) atoms. The summed E-state index contributed by atoms with van der Waals surface area (Å²) >= 11 is 0. The van der Waals surface area contributed by atoms with Crippen LogP contribution in [0.15, 0.2) is 24.4 Å². The Bertz CT molecular complexity index is 505. The van der Waals surface area contributed by atoms with Crippen molar-refractivity contribution in [2.24, 2.45) is 0 Å². The van der Waals surface area contributed by atoms with Crippen molar-refractivity contribution in [3.8, 4) is 5.75 Å². The minimum Gasteiger partial charge on any atom is -0.494 e. The predicted molar refractivity (Wildman–Crippen MR) is 67.2 cm³/mol. The van der Waals surface area contributed by atoms with Crippen LogP contribution in [0, 0.1) is 0 Å². The van der Waals surface area contributed by atoms with Crippen LogP contribution in [0.5, 0.6) is 5.75 Å². The zero-order valence-corrected chi connectivity index (χ0v) is 9.82. The highest BCUT2D eigenvalue weighted by molar-refractivity contribution is 5.84.